The molecule has 142 valence electrons. The van der Waals surface area contributed by atoms with Crippen molar-refractivity contribution in [3.8, 4) is 0 Å². The number of urea groups is 1. The summed E-state index contributed by atoms with van der Waals surface area (Å²) >= 11 is 3.37. The fourth-order valence-corrected chi connectivity index (χ4v) is 2.66. The third-order valence-corrected chi connectivity index (χ3v) is 4.29. The first-order chi connectivity index (χ1) is 12.8. The van der Waals surface area contributed by atoms with Gasteiger partial charge in [-0.3, -0.25) is 9.59 Å². The number of hydrogen-bond acceptors (Lipinski definition) is 3. The monoisotopic (exact) mass is 432 g/mol. The van der Waals surface area contributed by atoms with E-state index in [1.54, 1.807) is 24.3 Å². The Morgan fingerprint density at radius 1 is 1.04 bits per heavy atom. The van der Waals surface area contributed by atoms with Crippen molar-refractivity contribution in [3.05, 3.63) is 63.6 Å². The number of benzene rings is 2. The third kappa shape index (κ3) is 6.74. The smallest absolute Gasteiger partial charge is 0.312 e. The van der Waals surface area contributed by atoms with Crippen LogP contribution in [0.15, 0.2) is 46.9 Å². The van der Waals surface area contributed by atoms with Crippen molar-refractivity contribution in [1.82, 2.24) is 10.6 Å². The van der Waals surface area contributed by atoms with Crippen LogP contribution in [-0.2, 0) is 11.3 Å². The summed E-state index contributed by atoms with van der Waals surface area (Å²) in [6, 6.07) is 11.8. The van der Waals surface area contributed by atoms with Crippen molar-refractivity contribution in [1.29, 1.82) is 0 Å². The summed E-state index contributed by atoms with van der Waals surface area (Å²) in [4.78, 5) is 34.8. The number of rotatable bonds is 7. The van der Waals surface area contributed by atoms with Crippen molar-refractivity contribution in [2.75, 3.05) is 11.9 Å². The maximum atomic E-state index is 12.1. The van der Waals surface area contributed by atoms with E-state index >= 15 is 0 Å². The highest BCUT2D eigenvalue weighted by Gasteiger charge is 2.08. The van der Waals surface area contributed by atoms with Crippen molar-refractivity contribution in [3.63, 3.8) is 0 Å². The van der Waals surface area contributed by atoms with Crippen LogP contribution >= 0.6 is 15.9 Å². The fraction of sp³-hybridized carbons (Fsp3) is 0.211. The van der Waals surface area contributed by atoms with Crippen LogP contribution in [0.25, 0.3) is 0 Å². The van der Waals surface area contributed by atoms with Gasteiger partial charge in [0.05, 0.1) is 0 Å². The highest BCUT2D eigenvalue weighted by molar-refractivity contribution is 9.10. The van der Waals surface area contributed by atoms with Gasteiger partial charge >= 0.3 is 6.03 Å². The van der Waals surface area contributed by atoms with Crippen LogP contribution < -0.4 is 21.7 Å². The van der Waals surface area contributed by atoms with Crippen molar-refractivity contribution < 1.29 is 14.4 Å². The van der Waals surface area contributed by atoms with E-state index in [-0.39, 0.29) is 24.8 Å². The first kappa shape index (κ1) is 20.4. The Labute approximate surface area is 165 Å². The molecule has 0 heterocycles. The number of carbonyl (C=O) groups excluding carboxylic acids is 3. The third-order valence-electron chi connectivity index (χ3n) is 3.79. The maximum Gasteiger partial charge on any atom is 0.312 e. The van der Waals surface area contributed by atoms with Crippen LogP contribution in [-0.4, -0.2) is 24.4 Å². The van der Waals surface area contributed by atoms with Crippen LogP contribution in [0.2, 0.25) is 0 Å². The largest absolute Gasteiger partial charge is 0.352 e. The molecule has 8 heteroatoms. The molecule has 0 unspecified atom stereocenters. The molecule has 0 saturated heterocycles. The van der Waals surface area contributed by atoms with Gasteiger partial charge in [-0.2, -0.15) is 0 Å². The predicted octanol–water partition coefficient (Wildman–Crippen LogP) is 2.68. The van der Waals surface area contributed by atoms with Gasteiger partial charge in [-0.05, 0) is 42.3 Å². The molecule has 27 heavy (non-hydrogen) atoms. The van der Waals surface area contributed by atoms with Crippen LogP contribution in [0.5, 0.6) is 0 Å². The molecular formula is C19H21BrN4O3. The normalized spacial score (nSPS) is 10.1. The molecule has 5 N–H and O–H groups in total. The lowest BCUT2D eigenvalue weighted by Crippen LogP contribution is -2.29. The van der Waals surface area contributed by atoms with Crippen molar-refractivity contribution >= 4 is 39.5 Å². The molecule has 0 aromatic heterocycles. The average molecular weight is 433 g/mol. The summed E-state index contributed by atoms with van der Waals surface area (Å²) in [5, 5.41) is 8.02. The van der Waals surface area contributed by atoms with E-state index in [9.17, 15) is 14.4 Å². The van der Waals surface area contributed by atoms with E-state index in [0.717, 1.165) is 21.3 Å². The van der Waals surface area contributed by atoms with E-state index in [0.29, 0.717) is 12.1 Å². The summed E-state index contributed by atoms with van der Waals surface area (Å²) in [6.07, 6.45) is 0.165. The van der Waals surface area contributed by atoms with Gasteiger partial charge in [0.25, 0.3) is 5.91 Å². The van der Waals surface area contributed by atoms with Crippen LogP contribution in [0.1, 0.15) is 27.9 Å². The van der Waals surface area contributed by atoms with Gasteiger partial charge in [-0.1, -0.05) is 34.1 Å². The SMILES string of the molecule is Cc1ccc(Br)cc1NC(=O)CCNC(=O)c1ccc(CNC(N)=O)cc1. The Morgan fingerprint density at radius 2 is 1.74 bits per heavy atom. The Balaban J connectivity index is 1.79. The second-order valence-electron chi connectivity index (χ2n) is 5.93. The Kier molecular flexibility index (Phi) is 7.36. The van der Waals surface area contributed by atoms with Gasteiger partial charge in [0.1, 0.15) is 0 Å². The summed E-state index contributed by atoms with van der Waals surface area (Å²) in [6.45, 7) is 2.43. The van der Waals surface area contributed by atoms with E-state index < -0.39 is 6.03 Å². The van der Waals surface area contributed by atoms with Crippen molar-refractivity contribution in [2.45, 2.75) is 19.9 Å². The van der Waals surface area contributed by atoms with Gasteiger partial charge in [0.15, 0.2) is 0 Å². The molecule has 4 amide bonds. The molecule has 0 spiro atoms. The zero-order chi connectivity index (χ0) is 19.8. The van der Waals surface area contributed by atoms with Crippen LogP contribution in [0.3, 0.4) is 0 Å². The van der Waals surface area contributed by atoms with Crippen LogP contribution in [0.4, 0.5) is 10.5 Å². The number of primary amides is 1. The van der Waals surface area contributed by atoms with Gasteiger partial charge < -0.3 is 21.7 Å². The predicted molar refractivity (Wildman–Crippen MR) is 107 cm³/mol. The number of halogens is 1. The standard InChI is InChI=1S/C19H21BrN4O3/c1-12-2-7-15(20)10-16(12)24-17(25)8-9-22-18(26)14-5-3-13(4-6-14)11-23-19(21)27/h2-7,10H,8-9,11H2,1H3,(H,22,26)(H,24,25)(H3,21,23,27). The van der Waals surface area contributed by atoms with Gasteiger partial charge in [-0.25, -0.2) is 4.79 Å². The van der Waals surface area contributed by atoms with Crippen molar-refractivity contribution in [2.24, 2.45) is 5.73 Å². The second-order valence-corrected chi connectivity index (χ2v) is 6.84. The van der Waals surface area contributed by atoms with E-state index in [1.165, 1.54) is 0 Å². The molecule has 0 aliphatic heterocycles. The molecule has 0 atom stereocenters. The summed E-state index contributed by atoms with van der Waals surface area (Å²) in [5.41, 5.74) is 8.01. The number of nitrogens with two attached hydrogens (primary N) is 1. The van der Waals surface area contributed by atoms with Gasteiger partial charge in [0, 0.05) is 35.2 Å². The molecule has 0 aliphatic carbocycles. The second kappa shape index (κ2) is 9.72. The number of amides is 4. The number of hydrogen-bond donors (Lipinski definition) is 4. The lowest BCUT2D eigenvalue weighted by molar-refractivity contribution is -0.116. The van der Waals surface area contributed by atoms with Gasteiger partial charge in [-0.15, -0.1) is 0 Å². The Bertz CT molecular complexity index is 837. The minimum absolute atomic E-state index is 0.165. The first-order valence-corrected chi connectivity index (χ1v) is 9.11. The van der Waals surface area contributed by atoms with E-state index in [1.807, 2.05) is 25.1 Å². The minimum Gasteiger partial charge on any atom is -0.352 e. The molecule has 0 radical (unpaired) electrons. The van der Waals surface area contributed by atoms with E-state index in [4.69, 9.17) is 5.73 Å². The summed E-state index contributed by atoms with van der Waals surface area (Å²) in [5.74, 6) is -0.444. The number of nitrogens with one attached hydrogen (secondary N) is 3. The molecule has 2 aromatic carbocycles. The molecule has 0 aliphatic rings. The maximum absolute atomic E-state index is 12.1. The number of carbonyl (C=O) groups is 3. The molecule has 0 bridgehead atoms. The minimum atomic E-state index is -0.604. The lowest BCUT2D eigenvalue weighted by atomic mass is 10.1. The van der Waals surface area contributed by atoms with E-state index in [2.05, 4.69) is 31.9 Å². The quantitative estimate of drug-likeness (QED) is 0.539. The molecule has 0 fully saturated rings. The average Bonchev–Trinajstić information content (AvgIpc) is 2.63. The highest BCUT2D eigenvalue weighted by atomic mass is 79.9. The number of anilines is 1. The highest BCUT2D eigenvalue weighted by Crippen LogP contribution is 2.20. The zero-order valence-corrected chi connectivity index (χ0v) is 16.4. The molecule has 2 aromatic rings. The summed E-state index contributed by atoms with van der Waals surface area (Å²) in [7, 11) is 0. The van der Waals surface area contributed by atoms with Gasteiger partial charge in [0.2, 0.25) is 5.91 Å². The molecule has 7 nitrogen and oxygen atoms in total. The topological polar surface area (TPSA) is 113 Å². The molecule has 2 rings (SSSR count). The molecule has 0 saturated carbocycles. The number of aryl methyl sites for hydroxylation is 1. The molecular weight excluding hydrogens is 412 g/mol. The van der Waals surface area contributed by atoms with Crippen LogP contribution in [0, 0.1) is 6.92 Å². The lowest BCUT2D eigenvalue weighted by Gasteiger charge is -2.10. The Morgan fingerprint density at radius 3 is 2.41 bits per heavy atom. The Hall–Kier alpha value is -2.87. The summed E-state index contributed by atoms with van der Waals surface area (Å²) < 4.78 is 0.881. The first-order valence-electron chi connectivity index (χ1n) is 8.31. The fourth-order valence-electron chi connectivity index (χ4n) is 2.30. The zero-order valence-electron chi connectivity index (χ0n) is 14.8.